The highest BCUT2D eigenvalue weighted by Gasteiger charge is 2.34. The van der Waals surface area contributed by atoms with Crippen LogP contribution in [0.3, 0.4) is 0 Å². The molecule has 1 saturated carbocycles. The maximum Gasteiger partial charge on any atom is 0.242 e. The van der Waals surface area contributed by atoms with Crippen LogP contribution in [0.5, 0.6) is 0 Å². The van der Waals surface area contributed by atoms with E-state index < -0.39 is 0 Å². The topological polar surface area (TPSA) is 66.6 Å². The van der Waals surface area contributed by atoms with Crippen molar-refractivity contribution >= 4 is 24.2 Å². The Morgan fingerprint density at radius 2 is 1.80 bits per heavy atom. The predicted octanol–water partition coefficient (Wildman–Crippen LogP) is 1.11. The minimum atomic E-state index is 0. The summed E-state index contributed by atoms with van der Waals surface area (Å²) in [6.45, 7) is 6.01. The Labute approximate surface area is 128 Å². The van der Waals surface area contributed by atoms with Gasteiger partial charge in [0.2, 0.25) is 11.8 Å². The highest BCUT2D eigenvalue weighted by Crippen LogP contribution is 2.32. The van der Waals surface area contributed by atoms with Gasteiger partial charge in [-0.2, -0.15) is 0 Å². The summed E-state index contributed by atoms with van der Waals surface area (Å²) < 4.78 is 0. The highest BCUT2D eigenvalue weighted by atomic mass is 35.5. The molecule has 1 aliphatic rings. The summed E-state index contributed by atoms with van der Waals surface area (Å²) in [7, 11) is 1.72. The van der Waals surface area contributed by atoms with E-state index in [9.17, 15) is 9.59 Å². The van der Waals surface area contributed by atoms with Gasteiger partial charge in [-0.05, 0) is 39.2 Å². The van der Waals surface area contributed by atoms with Gasteiger partial charge < -0.3 is 15.5 Å². The first-order valence-corrected chi connectivity index (χ1v) is 7.27. The summed E-state index contributed by atoms with van der Waals surface area (Å²) in [5, 5.41) is 0. The molecule has 6 heteroatoms. The first-order valence-electron chi connectivity index (χ1n) is 7.27. The molecule has 0 aliphatic heterocycles. The predicted molar refractivity (Wildman–Crippen MR) is 82.7 cm³/mol. The van der Waals surface area contributed by atoms with Gasteiger partial charge in [0.1, 0.15) is 0 Å². The quantitative estimate of drug-likeness (QED) is 0.799. The molecule has 0 aromatic rings. The van der Waals surface area contributed by atoms with Crippen LogP contribution in [0.25, 0.3) is 0 Å². The second-order valence-corrected chi connectivity index (χ2v) is 5.29. The molecule has 0 heterocycles. The van der Waals surface area contributed by atoms with Crippen LogP contribution in [0.15, 0.2) is 0 Å². The van der Waals surface area contributed by atoms with Crippen LogP contribution in [-0.2, 0) is 9.59 Å². The number of halogens is 1. The maximum atomic E-state index is 12.3. The molecular formula is C14H28ClN3O2. The van der Waals surface area contributed by atoms with Crippen LogP contribution in [0, 0.1) is 11.8 Å². The maximum absolute atomic E-state index is 12.3. The fourth-order valence-electron chi connectivity index (χ4n) is 2.88. The van der Waals surface area contributed by atoms with E-state index in [1.165, 1.54) is 0 Å². The molecule has 0 unspecified atom stereocenters. The lowest BCUT2D eigenvalue weighted by Crippen LogP contribution is -2.44. The fraction of sp³-hybridized carbons (Fsp3) is 0.857. The van der Waals surface area contributed by atoms with E-state index in [4.69, 9.17) is 5.73 Å². The summed E-state index contributed by atoms with van der Waals surface area (Å²) in [5.74, 6) is 0.398. The molecule has 0 spiro atoms. The fourth-order valence-corrected chi connectivity index (χ4v) is 2.88. The largest absolute Gasteiger partial charge is 0.342 e. The van der Waals surface area contributed by atoms with Crippen LogP contribution >= 0.6 is 12.4 Å². The molecule has 0 radical (unpaired) electrons. The Morgan fingerprint density at radius 1 is 1.20 bits per heavy atom. The zero-order chi connectivity index (χ0) is 14.4. The van der Waals surface area contributed by atoms with Gasteiger partial charge in [-0.15, -0.1) is 12.4 Å². The van der Waals surface area contributed by atoms with Crippen molar-refractivity contribution in [3.05, 3.63) is 0 Å². The van der Waals surface area contributed by atoms with E-state index in [-0.39, 0.29) is 36.7 Å². The summed E-state index contributed by atoms with van der Waals surface area (Å²) in [6, 6.07) is 0. The van der Waals surface area contributed by atoms with Crippen molar-refractivity contribution in [3.63, 3.8) is 0 Å². The van der Waals surface area contributed by atoms with Gasteiger partial charge >= 0.3 is 0 Å². The average molecular weight is 306 g/mol. The zero-order valence-electron chi connectivity index (χ0n) is 12.8. The van der Waals surface area contributed by atoms with E-state index in [1.54, 1.807) is 16.8 Å². The van der Waals surface area contributed by atoms with Crippen LogP contribution in [-0.4, -0.2) is 54.8 Å². The molecule has 1 rings (SSSR count). The lowest BCUT2D eigenvalue weighted by molar-refractivity contribution is -0.142. The monoisotopic (exact) mass is 305 g/mol. The van der Waals surface area contributed by atoms with E-state index >= 15 is 0 Å². The third-order valence-electron chi connectivity index (χ3n) is 4.14. The van der Waals surface area contributed by atoms with Gasteiger partial charge in [0.25, 0.3) is 0 Å². The second kappa shape index (κ2) is 9.19. The number of hydrogen-bond donors (Lipinski definition) is 1. The van der Waals surface area contributed by atoms with Crippen LogP contribution in [0.4, 0.5) is 0 Å². The number of amides is 2. The van der Waals surface area contributed by atoms with Crippen molar-refractivity contribution in [2.75, 3.05) is 33.2 Å². The Hall–Kier alpha value is -0.810. The summed E-state index contributed by atoms with van der Waals surface area (Å²) in [4.78, 5) is 27.7. The SMILES string of the molecule is CCN(CC)C(=O)CN(C)C(=O)[C@@H]1CCC[C@@H]1CN.Cl. The summed E-state index contributed by atoms with van der Waals surface area (Å²) in [5.41, 5.74) is 5.71. The standard InChI is InChI=1S/C14H27N3O2.ClH/c1-4-17(5-2)13(18)10-16(3)14(19)12-8-6-7-11(12)9-15;/h11-12H,4-10,15H2,1-3H3;1H/t11-,12-;/m1./s1. The normalized spacial score (nSPS) is 21.2. The minimum Gasteiger partial charge on any atom is -0.342 e. The number of carbonyl (C=O) groups excluding carboxylic acids is 2. The van der Waals surface area contributed by atoms with Crippen LogP contribution in [0.1, 0.15) is 33.1 Å². The molecule has 1 fully saturated rings. The van der Waals surface area contributed by atoms with Gasteiger partial charge in [-0.25, -0.2) is 0 Å². The molecular weight excluding hydrogens is 278 g/mol. The van der Waals surface area contributed by atoms with E-state index in [0.717, 1.165) is 19.3 Å². The zero-order valence-corrected chi connectivity index (χ0v) is 13.6. The molecule has 2 amide bonds. The second-order valence-electron chi connectivity index (χ2n) is 5.29. The number of carbonyl (C=O) groups is 2. The molecule has 0 aromatic carbocycles. The van der Waals surface area contributed by atoms with E-state index in [0.29, 0.717) is 25.6 Å². The summed E-state index contributed by atoms with van der Waals surface area (Å²) in [6.07, 6.45) is 3.01. The third-order valence-corrected chi connectivity index (χ3v) is 4.14. The lowest BCUT2D eigenvalue weighted by Gasteiger charge is -2.26. The first-order chi connectivity index (χ1) is 9.04. The Morgan fingerprint density at radius 3 is 2.30 bits per heavy atom. The number of nitrogens with two attached hydrogens (primary N) is 1. The Kier molecular flexibility index (Phi) is 8.81. The van der Waals surface area contributed by atoms with Gasteiger partial charge in [-0.3, -0.25) is 9.59 Å². The minimum absolute atomic E-state index is 0. The first kappa shape index (κ1) is 19.2. The van der Waals surface area contributed by atoms with Crippen molar-refractivity contribution in [2.45, 2.75) is 33.1 Å². The van der Waals surface area contributed by atoms with E-state index in [2.05, 4.69) is 0 Å². The molecule has 0 bridgehead atoms. The third kappa shape index (κ3) is 4.63. The lowest BCUT2D eigenvalue weighted by atomic mass is 9.95. The molecule has 5 nitrogen and oxygen atoms in total. The smallest absolute Gasteiger partial charge is 0.242 e. The highest BCUT2D eigenvalue weighted by molar-refractivity contribution is 5.86. The molecule has 2 N–H and O–H groups in total. The molecule has 1 aliphatic carbocycles. The molecule has 20 heavy (non-hydrogen) atoms. The van der Waals surface area contributed by atoms with Crippen molar-refractivity contribution in [3.8, 4) is 0 Å². The van der Waals surface area contributed by atoms with Gasteiger partial charge in [-0.1, -0.05) is 6.42 Å². The number of hydrogen-bond acceptors (Lipinski definition) is 3. The van der Waals surface area contributed by atoms with Crippen LogP contribution < -0.4 is 5.73 Å². The molecule has 118 valence electrons. The van der Waals surface area contributed by atoms with E-state index in [1.807, 2.05) is 13.8 Å². The molecule has 2 atom stereocenters. The molecule has 0 aromatic heterocycles. The van der Waals surface area contributed by atoms with Gasteiger partial charge in [0, 0.05) is 26.1 Å². The van der Waals surface area contributed by atoms with Crippen molar-refractivity contribution in [1.29, 1.82) is 0 Å². The Balaban J connectivity index is 0.00000361. The number of rotatable bonds is 6. The molecule has 0 saturated heterocycles. The van der Waals surface area contributed by atoms with Crippen LogP contribution in [0.2, 0.25) is 0 Å². The van der Waals surface area contributed by atoms with Gasteiger partial charge in [0.05, 0.1) is 6.54 Å². The van der Waals surface area contributed by atoms with Crippen molar-refractivity contribution < 1.29 is 9.59 Å². The van der Waals surface area contributed by atoms with Crippen molar-refractivity contribution in [1.82, 2.24) is 9.80 Å². The average Bonchev–Trinajstić information content (AvgIpc) is 2.87. The number of likely N-dealkylation sites (N-methyl/N-ethyl adjacent to an activating group) is 2. The van der Waals surface area contributed by atoms with Crippen molar-refractivity contribution in [2.24, 2.45) is 17.6 Å². The van der Waals surface area contributed by atoms with Gasteiger partial charge in [0.15, 0.2) is 0 Å². The summed E-state index contributed by atoms with van der Waals surface area (Å²) >= 11 is 0. The Bertz CT molecular complexity index is 322. The number of nitrogens with zero attached hydrogens (tertiary/aromatic N) is 2.